The summed E-state index contributed by atoms with van der Waals surface area (Å²) in [4.78, 5) is 15.0. The van der Waals surface area contributed by atoms with Gasteiger partial charge < -0.3 is 15.0 Å². The molecule has 142 valence electrons. The summed E-state index contributed by atoms with van der Waals surface area (Å²) in [5.74, 6) is -0.201. The van der Waals surface area contributed by atoms with E-state index in [1.54, 1.807) is 6.07 Å². The Hall–Kier alpha value is -1.93. The molecule has 0 radical (unpaired) electrons. The first-order valence-electron chi connectivity index (χ1n) is 8.47. The van der Waals surface area contributed by atoms with Crippen LogP contribution in [0.1, 0.15) is 36.2 Å². The molecule has 1 aromatic carbocycles. The highest BCUT2D eigenvalue weighted by molar-refractivity contribution is 6.05. The van der Waals surface area contributed by atoms with Crippen LogP contribution in [0.25, 0.3) is 10.9 Å². The molecule has 2 aromatic rings. The molecular weight excluding hydrogens is 366 g/mol. The van der Waals surface area contributed by atoms with Gasteiger partial charge >= 0.3 is 6.61 Å². The molecule has 1 unspecified atom stereocenters. The van der Waals surface area contributed by atoms with Gasteiger partial charge in [0.15, 0.2) is 5.69 Å². The summed E-state index contributed by atoms with van der Waals surface area (Å²) in [6, 6.07) is 5.62. The van der Waals surface area contributed by atoms with E-state index < -0.39 is 6.61 Å². The highest BCUT2D eigenvalue weighted by Crippen LogP contribution is 2.34. The number of carbonyl (C=O) groups is 1. The van der Waals surface area contributed by atoms with Gasteiger partial charge in [-0.1, -0.05) is 0 Å². The second-order valence-electron chi connectivity index (χ2n) is 6.85. The zero-order valence-corrected chi connectivity index (χ0v) is 15.1. The minimum Gasteiger partial charge on any atom is -0.435 e. The van der Waals surface area contributed by atoms with E-state index in [-0.39, 0.29) is 35.8 Å². The molecule has 2 N–H and O–H groups in total. The van der Waals surface area contributed by atoms with Crippen molar-refractivity contribution in [2.45, 2.75) is 50.4 Å². The van der Waals surface area contributed by atoms with Crippen LogP contribution in [0.4, 0.5) is 8.78 Å². The molecule has 26 heavy (non-hydrogen) atoms. The smallest absolute Gasteiger partial charge is 0.387 e. The Bertz CT molecular complexity index is 786. The number of fused-ring (bicyclic) bond motifs is 3. The fourth-order valence-corrected chi connectivity index (χ4v) is 4.13. The molecular formula is C17H21ClF2N4O2. The summed E-state index contributed by atoms with van der Waals surface area (Å²) in [7, 11) is 2.15. The van der Waals surface area contributed by atoms with E-state index in [4.69, 9.17) is 0 Å². The third-order valence-electron chi connectivity index (χ3n) is 5.41. The molecule has 0 saturated carbocycles. The lowest BCUT2D eigenvalue weighted by molar-refractivity contribution is -0.0497. The number of aromatic amines is 1. The van der Waals surface area contributed by atoms with Gasteiger partial charge in [-0.05, 0) is 44.9 Å². The summed E-state index contributed by atoms with van der Waals surface area (Å²) in [6.45, 7) is -2.89. The number of alkyl halides is 2. The molecule has 2 saturated heterocycles. The van der Waals surface area contributed by atoms with Gasteiger partial charge in [0.1, 0.15) is 5.75 Å². The van der Waals surface area contributed by atoms with Crippen LogP contribution >= 0.6 is 12.4 Å². The summed E-state index contributed by atoms with van der Waals surface area (Å²) in [5, 5.41) is 10.4. The van der Waals surface area contributed by atoms with Crippen LogP contribution in [0.3, 0.4) is 0 Å². The van der Waals surface area contributed by atoms with Crippen LogP contribution in [-0.4, -0.2) is 52.8 Å². The number of amides is 1. The zero-order chi connectivity index (χ0) is 17.6. The SMILES string of the molecule is CN1[C@@H]2CC[C@H]1CC(NC(=O)c1n[nH]c3cc(OC(F)F)ccc13)C2.Cl. The number of hydrogen-bond donors (Lipinski definition) is 2. The van der Waals surface area contributed by atoms with Crippen molar-refractivity contribution in [2.24, 2.45) is 0 Å². The normalized spacial score (nSPS) is 25.3. The van der Waals surface area contributed by atoms with Crippen molar-refractivity contribution in [1.82, 2.24) is 20.4 Å². The number of ether oxygens (including phenoxy) is 1. The summed E-state index contributed by atoms with van der Waals surface area (Å²) in [6.07, 6.45) is 4.28. The van der Waals surface area contributed by atoms with Crippen LogP contribution in [0.5, 0.6) is 5.75 Å². The molecule has 2 aliphatic heterocycles. The van der Waals surface area contributed by atoms with Crippen molar-refractivity contribution in [3.05, 3.63) is 23.9 Å². The zero-order valence-electron chi connectivity index (χ0n) is 14.2. The molecule has 3 heterocycles. The minimum atomic E-state index is -2.89. The topological polar surface area (TPSA) is 70.2 Å². The van der Waals surface area contributed by atoms with E-state index in [9.17, 15) is 13.6 Å². The second kappa shape index (κ2) is 7.36. The summed E-state index contributed by atoms with van der Waals surface area (Å²) in [5.41, 5.74) is 0.775. The Balaban J connectivity index is 0.00000196. The third kappa shape index (κ3) is 3.48. The maximum absolute atomic E-state index is 12.6. The average molecular weight is 387 g/mol. The van der Waals surface area contributed by atoms with Crippen molar-refractivity contribution >= 4 is 29.2 Å². The van der Waals surface area contributed by atoms with Crippen LogP contribution in [-0.2, 0) is 0 Å². The first kappa shape index (κ1) is 18.8. The van der Waals surface area contributed by atoms with Crippen molar-refractivity contribution in [2.75, 3.05) is 7.05 Å². The number of H-pyrrole nitrogens is 1. The molecule has 0 spiro atoms. The molecule has 2 bridgehead atoms. The lowest BCUT2D eigenvalue weighted by Crippen LogP contribution is -2.48. The van der Waals surface area contributed by atoms with Crippen LogP contribution in [0.2, 0.25) is 0 Å². The number of benzene rings is 1. The van der Waals surface area contributed by atoms with E-state index >= 15 is 0 Å². The molecule has 2 fully saturated rings. The van der Waals surface area contributed by atoms with Crippen molar-refractivity contribution in [3.63, 3.8) is 0 Å². The molecule has 1 aromatic heterocycles. The lowest BCUT2D eigenvalue weighted by atomic mass is 9.98. The molecule has 6 nitrogen and oxygen atoms in total. The largest absolute Gasteiger partial charge is 0.435 e. The molecule has 3 atom stereocenters. The molecule has 4 rings (SSSR count). The Morgan fingerprint density at radius 2 is 2.04 bits per heavy atom. The van der Waals surface area contributed by atoms with Crippen LogP contribution in [0.15, 0.2) is 18.2 Å². The van der Waals surface area contributed by atoms with Gasteiger partial charge in [-0.25, -0.2) is 0 Å². The Morgan fingerprint density at radius 1 is 1.35 bits per heavy atom. The molecule has 2 aliphatic rings. The minimum absolute atomic E-state index is 0. The van der Waals surface area contributed by atoms with Gasteiger partial charge in [0.25, 0.3) is 5.91 Å². The van der Waals surface area contributed by atoms with E-state index in [0.717, 1.165) is 12.8 Å². The van der Waals surface area contributed by atoms with Crippen molar-refractivity contribution in [3.8, 4) is 5.75 Å². The highest BCUT2D eigenvalue weighted by atomic mass is 35.5. The first-order valence-corrected chi connectivity index (χ1v) is 8.47. The van der Waals surface area contributed by atoms with E-state index in [0.29, 0.717) is 23.0 Å². The number of nitrogens with zero attached hydrogens (tertiary/aromatic N) is 2. The van der Waals surface area contributed by atoms with Crippen LogP contribution in [0, 0.1) is 0 Å². The fraction of sp³-hybridized carbons (Fsp3) is 0.529. The highest BCUT2D eigenvalue weighted by Gasteiger charge is 2.39. The number of nitrogens with one attached hydrogen (secondary N) is 2. The predicted molar refractivity (Wildman–Crippen MR) is 95.0 cm³/mol. The van der Waals surface area contributed by atoms with Gasteiger partial charge in [-0.15, -0.1) is 12.4 Å². The van der Waals surface area contributed by atoms with Crippen LogP contribution < -0.4 is 10.1 Å². The van der Waals surface area contributed by atoms with Gasteiger partial charge in [0.05, 0.1) is 5.52 Å². The molecule has 9 heteroatoms. The lowest BCUT2D eigenvalue weighted by Gasteiger charge is -2.36. The quantitative estimate of drug-likeness (QED) is 0.847. The monoisotopic (exact) mass is 386 g/mol. The number of halogens is 3. The maximum Gasteiger partial charge on any atom is 0.387 e. The van der Waals surface area contributed by atoms with E-state index in [2.05, 4.69) is 32.2 Å². The van der Waals surface area contributed by atoms with Gasteiger partial charge in [-0.2, -0.15) is 13.9 Å². The summed E-state index contributed by atoms with van der Waals surface area (Å²) < 4.78 is 29.0. The van der Waals surface area contributed by atoms with Gasteiger partial charge in [-0.3, -0.25) is 9.89 Å². The van der Waals surface area contributed by atoms with E-state index in [1.165, 1.54) is 25.0 Å². The van der Waals surface area contributed by atoms with Gasteiger partial charge in [0, 0.05) is 29.6 Å². The average Bonchev–Trinajstić information content (AvgIpc) is 3.04. The Labute approximate surface area is 155 Å². The standard InChI is InChI=1S/C17H20F2N4O2.ClH/c1-23-10-2-3-11(23)7-9(6-10)20-16(24)15-13-5-4-12(25-17(18)19)8-14(13)21-22-15;/h4-5,8-11,17H,2-3,6-7H2,1H3,(H,20,24)(H,21,22);1H/t9?,10-,11+;. The first-order chi connectivity index (χ1) is 12.0. The fourth-order valence-electron chi connectivity index (χ4n) is 4.13. The maximum atomic E-state index is 12.6. The van der Waals surface area contributed by atoms with Crippen molar-refractivity contribution in [1.29, 1.82) is 0 Å². The van der Waals surface area contributed by atoms with Gasteiger partial charge in [0.2, 0.25) is 0 Å². The predicted octanol–water partition coefficient (Wildman–Crippen LogP) is 2.94. The van der Waals surface area contributed by atoms with E-state index in [1.807, 2.05) is 0 Å². The molecule has 0 aliphatic carbocycles. The second-order valence-corrected chi connectivity index (χ2v) is 6.85. The Morgan fingerprint density at radius 3 is 2.69 bits per heavy atom. The number of hydrogen-bond acceptors (Lipinski definition) is 4. The summed E-state index contributed by atoms with van der Waals surface area (Å²) >= 11 is 0. The molecule has 1 amide bonds. The third-order valence-corrected chi connectivity index (χ3v) is 5.41. The Kier molecular flexibility index (Phi) is 5.34. The number of aromatic nitrogens is 2. The number of piperidine rings is 1. The number of carbonyl (C=O) groups excluding carboxylic acids is 1. The van der Waals surface area contributed by atoms with Crippen molar-refractivity contribution < 1.29 is 18.3 Å². The number of rotatable bonds is 4.